The van der Waals surface area contributed by atoms with Gasteiger partial charge < -0.3 is 10.3 Å². The first-order chi connectivity index (χ1) is 6.79. The first-order valence-electron chi connectivity index (χ1n) is 4.83. The van der Waals surface area contributed by atoms with Crippen molar-refractivity contribution >= 4 is 21.8 Å². The molecule has 0 bridgehead atoms. The zero-order chi connectivity index (χ0) is 9.97. The van der Waals surface area contributed by atoms with E-state index in [1.165, 1.54) is 25.7 Å². The lowest BCUT2D eigenvalue weighted by atomic mass is 10.2. The molecule has 78 valence electrons. The van der Waals surface area contributed by atoms with Gasteiger partial charge in [-0.2, -0.15) is 5.01 Å². The number of rotatable bonds is 1. The number of aromatic nitrogens is 2. The highest BCUT2D eigenvalue weighted by molar-refractivity contribution is 9.10. The van der Waals surface area contributed by atoms with Gasteiger partial charge in [-0.15, -0.1) is 0 Å². The molecule has 0 atom stereocenters. The summed E-state index contributed by atoms with van der Waals surface area (Å²) < 4.78 is 5.38. The van der Waals surface area contributed by atoms with Crippen molar-refractivity contribution in [3.63, 3.8) is 0 Å². The molecule has 2 heterocycles. The maximum atomic E-state index is 7.39. The summed E-state index contributed by atoms with van der Waals surface area (Å²) >= 11 is 3.29. The van der Waals surface area contributed by atoms with Crippen molar-refractivity contribution < 1.29 is 9.31 Å². The van der Waals surface area contributed by atoms with Gasteiger partial charge in [-0.25, -0.2) is 0 Å². The second kappa shape index (κ2) is 4.16. The molecule has 14 heavy (non-hydrogen) atoms. The Kier molecular flexibility index (Phi) is 2.90. The minimum Gasteiger partial charge on any atom is -0.659 e. The molecular weight excluding hydrogens is 248 g/mol. The molecule has 2 rings (SSSR count). The second-order valence-corrected chi connectivity index (χ2v) is 4.20. The van der Waals surface area contributed by atoms with Crippen LogP contribution in [0.4, 0.5) is 5.88 Å². The maximum Gasteiger partial charge on any atom is 0.332 e. The van der Waals surface area contributed by atoms with Crippen molar-refractivity contribution in [1.29, 1.82) is 0 Å². The normalized spacial score (nSPS) is 18.2. The Morgan fingerprint density at radius 3 is 2.43 bits per heavy atom. The van der Waals surface area contributed by atoms with Crippen molar-refractivity contribution in [2.75, 3.05) is 18.1 Å². The third kappa shape index (κ3) is 1.84. The molecular formula is C8H13BrN4O. The summed E-state index contributed by atoms with van der Waals surface area (Å²) in [7, 11) is 0. The van der Waals surface area contributed by atoms with Gasteiger partial charge in [0.1, 0.15) is 5.88 Å². The third-order valence-electron chi connectivity index (χ3n) is 2.42. The molecule has 6 heteroatoms. The topological polar surface area (TPSA) is 57.0 Å². The van der Waals surface area contributed by atoms with Gasteiger partial charge >= 0.3 is 4.60 Å². The molecule has 0 aromatic carbocycles. The fourth-order valence-corrected chi connectivity index (χ4v) is 2.02. The van der Waals surface area contributed by atoms with Crippen LogP contribution < -0.4 is 9.80 Å². The van der Waals surface area contributed by atoms with E-state index in [0.29, 0.717) is 4.60 Å². The molecule has 0 amide bonds. The SMILES string of the molecule is [NH-]c1on[n+](N2CCCCCC2)c1Br. The summed E-state index contributed by atoms with van der Waals surface area (Å²) in [4.78, 5) is 1.65. The van der Waals surface area contributed by atoms with Crippen LogP contribution in [0.15, 0.2) is 9.13 Å². The monoisotopic (exact) mass is 260 g/mol. The number of nitrogens with zero attached hydrogens (tertiary/aromatic N) is 3. The number of nitrogens with one attached hydrogen (secondary N) is 1. The fraction of sp³-hybridized carbons (Fsp3) is 0.750. The lowest BCUT2D eigenvalue weighted by Gasteiger charge is -2.09. The van der Waals surface area contributed by atoms with Crippen molar-refractivity contribution in [3.05, 3.63) is 10.3 Å². The fourth-order valence-electron chi connectivity index (χ4n) is 1.66. The molecule has 1 aliphatic rings. The van der Waals surface area contributed by atoms with E-state index in [-0.39, 0.29) is 5.88 Å². The standard InChI is InChI=1S/C8H13BrN4O/c9-7-8(10)14-11-13(7)12-5-3-1-2-4-6-12/h10H,1-6H2. The first kappa shape index (κ1) is 9.76. The highest BCUT2D eigenvalue weighted by Crippen LogP contribution is 2.19. The van der Waals surface area contributed by atoms with Crippen LogP contribution >= 0.6 is 15.9 Å². The molecule has 1 saturated heterocycles. The van der Waals surface area contributed by atoms with E-state index < -0.39 is 0 Å². The van der Waals surface area contributed by atoms with E-state index in [1.807, 2.05) is 0 Å². The highest BCUT2D eigenvalue weighted by Gasteiger charge is 2.24. The van der Waals surface area contributed by atoms with Crippen molar-refractivity contribution in [3.8, 4) is 0 Å². The van der Waals surface area contributed by atoms with Gasteiger partial charge in [0, 0.05) is 15.9 Å². The Morgan fingerprint density at radius 2 is 1.93 bits per heavy atom. The molecule has 0 spiro atoms. The van der Waals surface area contributed by atoms with Gasteiger partial charge in [0.15, 0.2) is 0 Å². The summed E-state index contributed by atoms with van der Waals surface area (Å²) in [5.74, 6) is 0.0780. The Labute approximate surface area is 90.9 Å². The molecule has 0 unspecified atom stereocenters. The van der Waals surface area contributed by atoms with Crippen LogP contribution in [-0.4, -0.2) is 18.4 Å². The molecule has 0 radical (unpaired) electrons. The number of hydrogen-bond donors (Lipinski definition) is 0. The summed E-state index contributed by atoms with van der Waals surface area (Å²) in [6, 6.07) is 0. The van der Waals surface area contributed by atoms with Gasteiger partial charge in [-0.1, -0.05) is 12.8 Å². The van der Waals surface area contributed by atoms with Crippen LogP contribution in [0.5, 0.6) is 0 Å². The van der Waals surface area contributed by atoms with E-state index >= 15 is 0 Å². The van der Waals surface area contributed by atoms with E-state index in [0.717, 1.165) is 13.1 Å². The molecule has 1 aliphatic heterocycles. The highest BCUT2D eigenvalue weighted by atomic mass is 79.9. The predicted molar refractivity (Wildman–Crippen MR) is 54.8 cm³/mol. The summed E-state index contributed by atoms with van der Waals surface area (Å²) in [5.41, 5.74) is 7.39. The van der Waals surface area contributed by atoms with Crippen LogP contribution in [0, 0.1) is 0 Å². The Morgan fingerprint density at radius 1 is 1.29 bits per heavy atom. The molecule has 1 aromatic heterocycles. The predicted octanol–water partition coefficient (Wildman–Crippen LogP) is 1.92. The molecule has 0 aliphatic carbocycles. The minimum atomic E-state index is 0.0780. The molecule has 5 nitrogen and oxygen atoms in total. The average Bonchev–Trinajstić information content (AvgIpc) is 2.47. The van der Waals surface area contributed by atoms with Crippen molar-refractivity contribution in [2.45, 2.75) is 25.7 Å². The van der Waals surface area contributed by atoms with E-state index in [4.69, 9.17) is 10.3 Å². The quantitative estimate of drug-likeness (QED) is 0.725. The largest absolute Gasteiger partial charge is 0.659 e. The second-order valence-electron chi connectivity index (χ2n) is 3.45. The van der Waals surface area contributed by atoms with Crippen LogP contribution in [-0.2, 0) is 0 Å². The van der Waals surface area contributed by atoms with Gasteiger partial charge in [-0.05, 0) is 12.8 Å². The van der Waals surface area contributed by atoms with Gasteiger partial charge in [0.25, 0.3) is 0 Å². The maximum absolute atomic E-state index is 7.39. The Balaban J connectivity index is 2.16. The van der Waals surface area contributed by atoms with Gasteiger partial charge in [0.2, 0.25) is 5.27 Å². The summed E-state index contributed by atoms with van der Waals surface area (Å²) in [5, 5.41) is 5.92. The minimum absolute atomic E-state index is 0.0780. The Hall–Kier alpha value is -0.780. The van der Waals surface area contributed by atoms with Gasteiger partial charge in [0.05, 0.1) is 17.9 Å². The smallest absolute Gasteiger partial charge is 0.332 e. The third-order valence-corrected chi connectivity index (χ3v) is 3.10. The molecule has 1 N–H and O–H groups in total. The van der Waals surface area contributed by atoms with Crippen LogP contribution in [0.3, 0.4) is 0 Å². The van der Waals surface area contributed by atoms with Crippen molar-refractivity contribution in [1.82, 2.24) is 5.27 Å². The lowest BCUT2D eigenvalue weighted by Crippen LogP contribution is -2.60. The Bertz CT molecular complexity index is 306. The zero-order valence-corrected chi connectivity index (χ0v) is 9.46. The molecule has 1 aromatic rings. The molecule has 0 saturated carbocycles. The van der Waals surface area contributed by atoms with E-state index in [1.54, 1.807) is 4.79 Å². The summed E-state index contributed by atoms with van der Waals surface area (Å²) in [6.07, 6.45) is 4.92. The van der Waals surface area contributed by atoms with Crippen LogP contribution in [0.2, 0.25) is 0 Å². The number of hydrogen-bond acceptors (Lipinski definition) is 3. The molecule has 1 fully saturated rings. The van der Waals surface area contributed by atoms with Crippen LogP contribution in [0.25, 0.3) is 5.73 Å². The zero-order valence-electron chi connectivity index (χ0n) is 7.87. The van der Waals surface area contributed by atoms with Crippen LogP contribution in [0.1, 0.15) is 25.7 Å². The van der Waals surface area contributed by atoms with E-state index in [2.05, 4.69) is 26.2 Å². The number of halogens is 1. The average molecular weight is 261 g/mol. The summed E-state index contributed by atoms with van der Waals surface area (Å²) in [6.45, 7) is 1.96. The lowest BCUT2D eigenvalue weighted by molar-refractivity contribution is -0.767. The van der Waals surface area contributed by atoms with Crippen molar-refractivity contribution in [2.24, 2.45) is 0 Å². The van der Waals surface area contributed by atoms with E-state index in [9.17, 15) is 0 Å². The first-order valence-corrected chi connectivity index (χ1v) is 5.62. The van der Waals surface area contributed by atoms with Gasteiger partial charge in [-0.3, -0.25) is 0 Å².